The third kappa shape index (κ3) is 3.38. The first-order valence-electron chi connectivity index (χ1n) is 4.85. The fraction of sp³-hybridized carbons (Fsp3) is 0.500. The third-order valence-electron chi connectivity index (χ3n) is 2.08. The van der Waals surface area contributed by atoms with Crippen molar-refractivity contribution >= 4 is 0 Å². The normalized spacial score (nSPS) is 12.6. The van der Waals surface area contributed by atoms with Gasteiger partial charge < -0.3 is 9.47 Å². The number of ether oxygens (including phenoxy) is 2. The molecule has 0 spiro atoms. The fourth-order valence-corrected chi connectivity index (χ4v) is 1.30. The van der Waals surface area contributed by atoms with Gasteiger partial charge in [0.05, 0.1) is 6.10 Å². The Bertz CT molecular complexity index is 274. The van der Waals surface area contributed by atoms with Crippen LogP contribution in [0.4, 0.5) is 0 Å². The largest absolute Gasteiger partial charge is 0.491 e. The van der Waals surface area contributed by atoms with Crippen molar-refractivity contribution in [3.8, 4) is 5.75 Å². The van der Waals surface area contributed by atoms with Gasteiger partial charge in [0.25, 0.3) is 0 Å². The van der Waals surface area contributed by atoms with Gasteiger partial charge in [-0.1, -0.05) is 6.07 Å². The maximum Gasteiger partial charge on any atom is 0.119 e. The van der Waals surface area contributed by atoms with Gasteiger partial charge in [-0.15, -0.1) is 0 Å². The SMILES string of the molecule is COC(C)COc1cc(C)cc(C)c1. The summed E-state index contributed by atoms with van der Waals surface area (Å²) in [5.74, 6) is 0.923. The molecule has 1 unspecified atom stereocenters. The summed E-state index contributed by atoms with van der Waals surface area (Å²) in [6.45, 7) is 6.72. The van der Waals surface area contributed by atoms with Crippen LogP contribution in [0.5, 0.6) is 5.75 Å². The number of methoxy groups -OCH3 is 1. The molecule has 1 aromatic rings. The molecule has 0 aliphatic heterocycles. The molecule has 0 amide bonds. The monoisotopic (exact) mass is 194 g/mol. The van der Waals surface area contributed by atoms with E-state index in [2.05, 4.69) is 19.9 Å². The van der Waals surface area contributed by atoms with Crippen LogP contribution < -0.4 is 4.74 Å². The molecule has 0 N–H and O–H groups in total. The van der Waals surface area contributed by atoms with Crippen LogP contribution in [-0.4, -0.2) is 19.8 Å². The van der Waals surface area contributed by atoms with Crippen molar-refractivity contribution in [3.63, 3.8) is 0 Å². The Morgan fingerprint density at radius 3 is 2.21 bits per heavy atom. The molecule has 2 heteroatoms. The number of hydrogen-bond acceptors (Lipinski definition) is 2. The average Bonchev–Trinajstić information content (AvgIpc) is 2.12. The topological polar surface area (TPSA) is 18.5 Å². The van der Waals surface area contributed by atoms with Gasteiger partial charge in [0.1, 0.15) is 12.4 Å². The molecule has 1 atom stereocenters. The second kappa shape index (κ2) is 5.01. The molecule has 0 radical (unpaired) electrons. The number of benzene rings is 1. The Kier molecular flexibility index (Phi) is 3.96. The Morgan fingerprint density at radius 1 is 1.14 bits per heavy atom. The lowest BCUT2D eigenvalue weighted by molar-refractivity contribution is 0.0716. The molecule has 1 aromatic carbocycles. The molecule has 78 valence electrons. The molecule has 0 heterocycles. The van der Waals surface area contributed by atoms with Crippen molar-refractivity contribution < 1.29 is 9.47 Å². The van der Waals surface area contributed by atoms with Crippen molar-refractivity contribution in [2.45, 2.75) is 26.9 Å². The predicted molar refractivity (Wildman–Crippen MR) is 57.9 cm³/mol. The van der Waals surface area contributed by atoms with E-state index in [1.54, 1.807) is 7.11 Å². The van der Waals surface area contributed by atoms with Crippen molar-refractivity contribution in [2.75, 3.05) is 13.7 Å². The summed E-state index contributed by atoms with van der Waals surface area (Å²) in [6, 6.07) is 6.21. The molecule has 14 heavy (non-hydrogen) atoms. The Labute approximate surface area is 85.8 Å². The summed E-state index contributed by atoms with van der Waals surface area (Å²) in [4.78, 5) is 0. The Morgan fingerprint density at radius 2 is 1.71 bits per heavy atom. The molecule has 0 saturated heterocycles. The maximum atomic E-state index is 5.60. The van der Waals surface area contributed by atoms with Crippen LogP contribution in [0.1, 0.15) is 18.1 Å². The molecule has 0 saturated carbocycles. The zero-order chi connectivity index (χ0) is 10.6. The van der Waals surface area contributed by atoms with Gasteiger partial charge in [-0.3, -0.25) is 0 Å². The Balaban J connectivity index is 2.58. The number of aryl methyl sites for hydroxylation is 2. The summed E-state index contributed by atoms with van der Waals surface area (Å²) in [5, 5.41) is 0. The first kappa shape index (κ1) is 11.1. The van der Waals surface area contributed by atoms with Gasteiger partial charge in [-0.2, -0.15) is 0 Å². The fourth-order valence-electron chi connectivity index (χ4n) is 1.30. The molecule has 0 aliphatic rings. The molecule has 0 aromatic heterocycles. The molecule has 0 bridgehead atoms. The summed E-state index contributed by atoms with van der Waals surface area (Å²) in [6.07, 6.45) is 0.135. The average molecular weight is 194 g/mol. The van der Waals surface area contributed by atoms with Crippen LogP contribution in [0.15, 0.2) is 18.2 Å². The molecule has 0 fully saturated rings. The van der Waals surface area contributed by atoms with Gasteiger partial charge in [0.15, 0.2) is 0 Å². The van der Waals surface area contributed by atoms with E-state index in [0.717, 1.165) is 5.75 Å². The van der Waals surface area contributed by atoms with Crippen LogP contribution in [0.3, 0.4) is 0 Å². The van der Waals surface area contributed by atoms with Crippen molar-refractivity contribution in [1.29, 1.82) is 0 Å². The molecular formula is C12H18O2. The van der Waals surface area contributed by atoms with Gasteiger partial charge in [-0.25, -0.2) is 0 Å². The minimum absolute atomic E-state index is 0.135. The molecule has 1 rings (SSSR count). The summed E-state index contributed by atoms with van der Waals surface area (Å²) >= 11 is 0. The van der Waals surface area contributed by atoms with Crippen LogP contribution in [-0.2, 0) is 4.74 Å². The zero-order valence-electron chi connectivity index (χ0n) is 9.33. The van der Waals surface area contributed by atoms with E-state index in [0.29, 0.717) is 6.61 Å². The summed E-state index contributed by atoms with van der Waals surface area (Å²) in [7, 11) is 1.69. The highest BCUT2D eigenvalue weighted by Crippen LogP contribution is 2.16. The van der Waals surface area contributed by atoms with Gasteiger partial charge in [-0.05, 0) is 44.0 Å². The van der Waals surface area contributed by atoms with Crippen LogP contribution in [0, 0.1) is 13.8 Å². The van der Waals surface area contributed by atoms with Crippen LogP contribution in [0.2, 0.25) is 0 Å². The van der Waals surface area contributed by atoms with Gasteiger partial charge in [0.2, 0.25) is 0 Å². The lowest BCUT2D eigenvalue weighted by Crippen LogP contribution is -2.15. The molecule has 0 aliphatic carbocycles. The van der Waals surface area contributed by atoms with Gasteiger partial charge in [0, 0.05) is 7.11 Å². The summed E-state index contributed by atoms with van der Waals surface area (Å²) < 4.78 is 10.7. The lowest BCUT2D eigenvalue weighted by Gasteiger charge is -2.12. The second-order valence-electron chi connectivity index (χ2n) is 3.68. The van der Waals surface area contributed by atoms with E-state index < -0.39 is 0 Å². The van der Waals surface area contributed by atoms with E-state index in [4.69, 9.17) is 9.47 Å². The van der Waals surface area contributed by atoms with Crippen LogP contribution in [0.25, 0.3) is 0 Å². The highest BCUT2D eigenvalue weighted by atomic mass is 16.5. The predicted octanol–water partition coefficient (Wildman–Crippen LogP) is 2.72. The zero-order valence-corrected chi connectivity index (χ0v) is 9.33. The maximum absolute atomic E-state index is 5.60. The number of rotatable bonds is 4. The minimum atomic E-state index is 0.135. The highest BCUT2D eigenvalue weighted by molar-refractivity contribution is 5.32. The van der Waals surface area contributed by atoms with E-state index in [1.807, 2.05) is 19.1 Å². The number of hydrogen-bond donors (Lipinski definition) is 0. The van der Waals surface area contributed by atoms with Crippen molar-refractivity contribution in [2.24, 2.45) is 0 Å². The van der Waals surface area contributed by atoms with E-state index in [1.165, 1.54) is 11.1 Å². The highest BCUT2D eigenvalue weighted by Gasteiger charge is 2.01. The van der Waals surface area contributed by atoms with Crippen LogP contribution >= 0.6 is 0 Å². The van der Waals surface area contributed by atoms with Gasteiger partial charge >= 0.3 is 0 Å². The van der Waals surface area contributed by atoms with E-state index >= 15 is 0 Å². The van der Waals surface area contributed by atoms with E-state index in [-0.39, 0.29) is 6.10 Å². The minimum Gasteiger partial charge on any atom is -0.491 e. The molecule has 2 nitrogen and oxygen atoms in total. The Hall–Kier alpha value is -1.02. The van der Waals surface area contributed by atoms with E-state index in [9.17, 15) is 0 Å². The lowest BCUT2D eigenvalue weighted by atomic mass is 10.1. The first-order valence-corrected chi connectivity index (χ1v) is 4.85. The first-order chi connectivity index (χ1) is 6.61. The third-order valence-corrected chi connectivity index (χ3v) is 2.08. The second-order valence-corrected chi connectivity index (χ2v) is 3.68. The summed E-state index contributed by atoms with van der Waals surface area (Å²) in [5.41, 5.74) is 2.45. The molecular weight excluding hydrogens is 176 g/mol. The van der Waals surface area contributed by atoms with Crippen molar-refractivity contribution in [1.82, 2.24) is 0 Å². The smallest absolute Gasteiger partial charge is 0.119 e. The standard InChI is InChI=1S/C12H18O2/c1-9-5-10(2)7-12(6-9)14-8-11(3)13-4/h5-7,11H,8H2,1-4H3. The van der Waals surface area contributed by atoms with Crippen molar-refractivity contribution in [3.05, 3.63) is 29.3 Å². The quantitative estimate of drug-likeness (QED) is 0.733.